The predicted molar refractivity (Wildman–Crippen MR) is 151 cm³/mol. The highest BCUT2D eigenvalue weighted by atomic mass is 32.2. The lowest BCUT2D eigenvalue weighted by Gasteiger charge is -2.29. The molecule has 0 aliphatic carbocycles. The molecule has 0 saturated carbocycles. The molecule has 1 atom stereocenters. The van der Waals surface area contributed by atoms with Crippen molar-refractivity contribution in [2.45, 2.75) is 57.9 Å². The summed E-state index contributed by atoms with van der Waals surface area (Å²) in [5.41, 5.74) is 5.49. The molecule has 0 bridgehead atoms. The van der Waals surface area contributed by atoms with Crippen molar-refractivity contribution in [3.63, 3.8) is 0 Å². The molecular weight excluding hydrogens is 482 g/mol. The van der Waals surface area contributed by atoms with Crippen LogP contribution in [-0.2, 0) is 14.8 Å². The molecule has 6 nitrogen and oxygen atoms in total. The van der Waals surface area contributed by atoms with E-state index in [4.69, 9.17) is 0 Å². The van der Waals surface area contributed by atoms with E-state index in [2.05, 4.69) is 22.3 Å². The maximum atomic E-state index is 13.7. The Labute approximate surface area is 221 Å². The largest absolute Gasteiger partial charge is 0.372 e. The average molecular weight is 520 g/mol. The maximum Gasteiger partial charge on any atom is 0.264 e. The third-order valence-electron chi connectivity index (χ3n) is 6.88. The molecule has 1 aliphatic rings. The van der Waals surface area contributed by atoms with E-state index in [1.165, 1.54) is 29.3 Å². The van der Waals surface area contributed by atoms with Crippen LogP contribution in [0.25, 0.3) is 0 Å². The number of benzene rings is 3. The van der Waals surface area contributed by atoms with Crippen LogP contribution in [0.4, 0.5) is 11.4 Å². The molecule has 0 radical (unpaired) electrons. The van der Waals surface area contributed by atoms with Crippen molar-refractivity contribution in [2.75, 3.05) is 28.8 Å². The van der Waals surface area contributed by atoms with Crippen LogP contribution >= 0.6 is 0 Å². The summed E-state index contributed by atoms with van der Waals surface area (Å²) in [6.07, 6.45) is 3.73. The molecule has 3 aromatic carbocycles. The zero-order valence-corrected chi connectivity index (χ0v) is 23.0. The van der Waals surface area contributed by atoms with Crippen molar-refractivity contribution in [1.82, 2.24) is 5.32 Å². The van der Waals surface area contributed by atoms with Gasteiger partial charge in [0.1, 0.15) is 6.54 Å². The monoisotopic (exact) mass is 519 g/mol. The zero-order chi connectivity index (χ0) is 26.6. The van der Waals surface area contributed by atoms with Crippen molar-refractivity contribution in [3.8, 4) is 0 Å². The Morgan fingerprint density at radius 2 is 1.46 bits per heavy atom. The van der Waals surface area contributed by atoms with Gasteiger partial charge < -0.3 is 10.2 Å². The van der Waals surface area contributed by atoms with Crippen LogP contribution in [-0.4, -0.2) is 34.0 Å². The first-order valence-corrected chi connectivity index (χ1v) is 14.4. The third-order valence-corrected chi connectivity index (χ3v) is 8.67. The number of sulfonamides is 1. The van der Waals surface area contributed by atoms with Crippen molar-refractivity contribution >= 4 is 27.3 Å². The van der Waals surface area contributed by atoms with E-state index in [-0.39, 0.29) is 23.4 Å². The molecule has 1 saturated heterocycles. The highest BCUT2D eigenvalue weighted by Gasteiger charge is 2.28. The summed E-state index contributed by atoms with van der Waals surface area (Å²) < 4.78 is 28.6. The van der Waals surface area contributed by atoms with Crippen LogP contribution in [0.2, 0.25) is 0 Å². The second-order valence-electron chi connectivity index (χ2n) is 10.1. The first kappa shape index (κ1) is 26.7. The van der Waals surface area contributed by atoms with E-state index in [1.54, 1.807) is 36.4 Å². The number of nitrogens with zero attached hydrogens (tertiary/aromatic N) is 2. The van der Waals surface area contributed by atoms with Crippen LogP contribution in [0.3, 0.4) is 0 Å². The van der Waals surface area contributed by atoms with E-state index in [0.29, 0.717) is 5.69 Å². The lowest BCUT2D eigenvalue weighted by atomic mass is 10.1. The lowest BCUT2D eigenvalue weighted by molar-refractivity contribution is -0.120. The molecule has 1 amide bonds. The molecule has 4 rings (SSSR count). The Kier molecular flexibility index (Phi) is 8.22. The van der Waals surface area contributed by atoms with Gasteiger partial charge in [-0.1, -0.05) is 35.9 Å². The van der Waals surface area contributed by atoms with Crippen molar-refractivity contribution < 1.29 is 13.2 Å². The summed E-state index contributed by atoms with van der Waals surface area (Å²) in [4.78, 5) is 15.8. The number of amides is 1. The number of piperidine rings is 1. The van der Waals surface area contributed by atoms with Crippen molar-refractivity contribution in [2.24, 2.45) is 0 Å². The number of hydrogen-bond donors (Lipinski definition) is 1. The minimum Gasteiger partial charge on any atom is -0.372 e. The summed E-state index contributed by atoms with van der Waals surface area (Å²) in [5.74, 6) is -0.359. The summed E-state index contributed by atoms with van der Waals surface area (Å²) >= 11 is 0. The summed E-state index contributed by atoms with van der Waals surface area (Å²) in [6, 6.07) is 20.3. The fraction of sp³-hybridized carbons (Fsp3) is 0.367. The van der Waals surface area contributed by atoms with Crippen LogP contribution in [0.15, 0.2) is 71.6 Å². The Balaban J connectivity index is 1.53. The normalized spacial score (nSPS) is 14.8. The minimum atomic E-state index is -3.95. The van der Waals surface area contributed by atoms with Gasteiger partial charge in [0.25, 0.3) is 10.0 Å². The molecule has 1 heterocycles. The number of aryl methyl sites for hydroxylation is 3. The van der Waals surface area contributed by atoms with Gasteiger partial charge in [-0.3, -0.25) is 9.10 Å². The standard InChI is InChI=1S/C30H37N3O3S/c1-22-8-14-29(15-9-22)37(35,36)33(28-19-23(2)18-24(3)20-28)21-30(34)31-25(4)26-10-12-27(13-11-26)32-16-6-5-7-17-32/h8-15,18-20,25H,5-7,16-17,21H2,1-4H3,(H,31,34). The fourth-order valence-electron chi connectivity index (χ4n) is 4.87. The number of carbonyl (C=O) groups is 1. The number of rotatable bonds is 8. The minimum absolute atomic E-state index is 0.159. The molecular formula is C30H37N3O3S. The first-order chi connectivity index (χ1) is 17.6. The van der Waals surface area contributed by atoms with E-state index in [0.717, 1.165) is 35.3 Å². The second-order valence-corrected chi connectivity index (χ2v) is 12.0. The summed E-state index contributed by atoms with van der Waals surface area (Å²) in [6.45, 7) is 9.52. The van der Waals surface area contributed by atoms with Gasteiger partial charge in [-0.15, -0.1) is 0 Å². The molecule has 196 valence electrons. The van der Waals surface area contributed by atoms with Crippen LogP contribution in [0.1, 0.15) is 54.5 Å². The van der Waals surface area contributed by atoms with Gasteiger partial charge in [0.2, 0.25) is 5.91 Å². The van der Waals surface area contributed by atoms with E-state index >= 15 is 0 Å². The van der Waals surface area contributed by atoms with Crippen LogP contribution in [0.5, 0.6) is 0 Å². The Morgan fingerprint density at radius 3 is 2.05 bits per heavy atom. The molecule has 0 aromatic heterocycles. The second kappa shape index (κ2) is 11.4. The lowest BCUT2D eigenvalue weighted by Crippen LogP contribution is -2.41. The van der Waals surface area contributed by atoms with E-state index in [9.17, 15) is 13.2 Å². The molecule has 1 fully saturated rings. The molecule has 37 heavy (non-hydrogen) atoms. The maximum absolute atomic E-state index is 13.7. The van der Waals surface area contributed by atoms with E-state index in [1.807, 2.05) is 45.9 Å². The average Bonchev–Trinajstić information content (AvgIpc) is 2.87. The quantitative estimate of drug-likeness (QED) is 0.416. The Bertz CT molecular complexity index is 1310. The van der Waals surface area contributed by atoms with Gasteiger partial charge in [0.05, 0.1) is 16.6 Å². The van der Waals surface area contributed by atoms with Gasteiger partial charge in [0, 0.05) is 18.8 Å². The van der Waals surface area contributed by atoms with Crippen LogP contribution in [0, 0.1) is 20.8 Å². The first-order valence-electron chi connectivity index (χ1n) is 13.0. The highest BCUT2D eigenvalue weighted by Crippen LogP contribution is 2.27. The molecule has 3 aromatic rings. The summed E-state index contributed by atoms with van der Waals surface area (Å²) in [7, 11) is -3.95. The highest BCUT2D eigenvalue weighted by molar-refractivity contribution is 7.92. The van der Waals surface area contributed by atoms with Gasteiger partial charge in [-0.05, 0) is 100 Å². The fourth-order valence-corrected chi connectivity index (χ4v) is 6.28. The molecule has 0 spiro atoms. The van der Waals surface area contributed by atoms with Crippen LogP contribution < -0.4 is 14.5 Å². The van der Waals surface area contributed by atoms with Gasteiger partial charge >= 0.3 is 0 Å². The zero-order valence-electron chi connectivity index (χ0n) is 22.2. The number of anilines is 2. The van der Waals surface area contributed by atoms with Gasteiger partial charge in [-0.2, -0.15) is 0 Å². The van der Waals surface area contributed by atoms with Gasteiger partial charge in [0.15, 0.2) is 0 Å². The van der Waals surface area contributed by atoms with Crippen molar-refractivity contribution in [3.05, 3.63) is 89.0 Å². The summed E-state index contributed by atoms with van der Waals surface area (Å²) in [5, 5.41) is 3.00. The Hall–Kier alpha value is -3.32. The number of nitrogens with one attached hydrogen (secondary N) is 1. The predicted octanol–water partition coefficient (Wildman–Crippen LogP) is 5.67. The molecule has 7 heteroatoms. The molecule has 1 aliphatic heterocycles. The third kappa shape index (κ3) is 6.52. The number of hydrogen-bond acceptors (Lipinski definition) is 4. The molecule has 1 N–H and O–H groups in total. The van der Waals surface area contributed by atoms with Crippen molar-refractivity contribution in [1.29, 1.82) is 0 Å². The van der Waals surface area contributed by atoms with E-state index < -0.39 is 10.0 Å². The van der Waals surface area contributed by atoms with Gasteiger partial charge in [-0.25, -0.2) is 8.42 Å². The number of carbonyl (C=O) groups excluding carboxylic acids is 1. The smallest absolute Gasteiger partial charge is 0.264 e. The Morgan fingerprint density at radius 1 is 0.865 bits per heavy atom. The topological polar surface area (TPSA) is 69.7 Å². The molecule has 1 unspecified atom stereocenters. The SMILES string of the molecule is Cc1ccc(S(=O)(=O)N(CC(=O)NC(C)c2ccc(N3CCCCC3)cc2)c2cc(C)cc(C)c2)cc1.